The van der Waals surface area contributed by atoms with Crippen molar-refractivity contribution < 1.29 is 13.2 Å². The van der Waals surface area contributed by atoms with E-state index in [2.05, 4.69) is 27.2 Å². The molecule has 3 rings (SSSR count). The maximum absolute atomic E-state index is 12.8. The molecule has 29 heavy (non-hydrogen) atoms. The van der Waals surface area contributed by atoms with Gasteiger partial charge in [0.1, 0.15) is 5.56 Å². The zero-order valence-corrected chi connectivity index (χ0v) is 17.6. The van der Waals surface area contributed by atoms with Crippen LogP contribution in [-0.2, 0) is 23.0 Å². The van der Waals surface area contributed by atoms with Crippen LogP contribution in [0.3, 0.4) is 0 Å². The van der Waals surface area contributed by atoms with Crippen LogP contribution >= 0.6 is 11.6 Å². The Morgan fingerprint density at radius 2 is 1.69 bits per heavy atom. The standard InChI is InChI=1S/C20H21ClN4O3S/c1-3-14-4-6-15(7-5-14)12-22-19(26)18-13(2)23-24-20(18)29(27,28)25-17-10-8-16(21)9-11-17/h4-11,25H,3,12H2,1-2H3,(H,22,26)(H,23,24). The Labute approximate surface area is 174 Å². The predicted molar refractivity (Wildman–Crippen MR) is 113 cm³/mol. The molecule has 0 fully saturated rings. The number of aromatic amines is 1. The number of H-pyrrole nitrogens is 1. The van der Waals surface area contributed by atoms with Crippen LogP contribution in [0, 0.1) is 6.92 Å². The summed E-state index contributed by atoms with van der Waals surface area (Å²) < 4.78 is 27.9. The molecule has 7 nitrogen and oxygen atoms in total. The van der Waals surface area contributed by atoms with E-state index < -0.39 is 15.9 Å². The van der Waals surface area contributed by atoms with Crippen molar-refractivity contribution in [1.29, 1.82) is 0 Å². The number of rotatable bonds is 7. The van der Waals surface area contributed by atoms with Gasteiger partial charge in [-0.2, -0.15) is 13.5 Å². The van der Waals surface area contributed by atoms with E-state index in [1.54, 1.807) is 19.1 Å². The maximum atomic E-state index is 12.8. The van der Waals surface area contributed by atoms with Crippen molar-refractivity contribution in [3.8, 4) is 0 Å². The van der Waals surface area contributed by atoms with Gasteiger partial charge in [-0.1, -0.05) is 42.8 Å². The topological polar surface area (TPSA) is 104 Å². The zero-order chi connectivity index (χ0) is 21.0. The number of benzene rings is 2. The number of aryl methyl sites for hydroxylation is 2. The summed E-state index contributed by atoms with van der Waals surface area (Å²) in [6.07, 6.45) is 0.933. The highest BCUT2D eigenvalue weighted by molar-refractivity contribution is 7.92. The smallest absolute Gasteiger partial charge is 0.282 e. The lowest BCUT2D eigenvalue weighted by molar-refractivity contribution is 0.0947. The number of sulfonamides is 1. The van der Waals surface area contributed by atoms with Crippen LogP contribution in [0.5, 0.6) is 0 Å². The number of carbonyl (C=O) groups is 1. The molecule has 3 aromatic rings. The van der Waals surface area contributed by atoms with E-state index in [-0.39, 0.29) is 17.1 Å². The first kappa shape index (κ1) is 20.9. The van der Waals surface area contributed by atoms with E-state index in [9.17, 15) is 13.2 Å². The van der Waals surface area contributed by atoms with E-state index in [4.69, 9.17) is 11.6 Å². The third kappa shape index (κ3) is 4.96. The van der Waals surface area contributed by atoms with Gasteiger partial charge in [-0.3, -0.25) is 14.6 Å². The highest BCUT2D eigenvalue weighted by Gasteiger charge is 2.28. The summed E-state index contributed by atoms with van der Waals surface area (Å²) >= 11 is 5.82. The van der Waals surface area contributed by atoms with Gasteiger partial charge in [0.05, 0.1) is 0 Å². The molecule has 0 aliphatic heterocycles. The average Bonchev–Trinajstić information content (AvgIpc) is 3.10. The molecule has 0 bridgehead atoms. The van der Waals surface area contributed by atoms with Gasteiger partial charge in [0.15, 0.2) is 0 Å². The number of carbonyl (C=O) groups excluding carboxylic acids is 1. The molecule has 0 aliphatic carbocycles. The number of nitrogens with zero attached hydrogens (tertiary/aromatic N) is 1. The quantitative estimate of drug-likeness (QED) is 0.529. The molecule has 1 amide bonds. The lowest BCUT2D eigenvalue weighted by Gasteiger charge is -2.09. The largest absolute Gasteiger partial charge is 0.348 e. The van der Waals surface area contributed by atoms with E-state index in [1.807, 2.05) is 24.3 Å². The van der Waals surface area contributed by atoms with Crippen molar-refractivity contribution in [3.05, 3.63) is 75.9 Å². The van der Waals surface area contributed by atoms with Crippen molar-refractivity contribution in [2.45, 2.75) is 31.8 Å². The highest BCUT2D eigenvalue weighted by atomic mass is 35.5. The third-order valence-electron chi connectivity index (χ3n) is 4.38. The van der Waals surface area contributed by atoms with Gasteiger partial charge in [-0.15, -0.1) is 0 Å². The second-order valence-corrected chi connectivity index (χ2v) is 8.53. The molecule has 0 spiro atoms. The molecule has 0 radical (unpaired) electrons. The summed E-state index contributed by atoms with van der Waals surface area (Å²) in [5.41, 5.74) is 2.78. The summed E-state index contributed by atoms with van der Waals surface area (Å²) in [6.45, 7) is 3.94. The molecule has 152 valence electrons. The fourth-order valence-corrected chi connectivity index (χ4v) is 4.10. The van der Waals surface area contributed by atoms with Gasteiger partial charge in [0, 0.05) is 22.9 Å². The van der Waals surface area contributed by atoms with Crippen molar-refractivity contribution in [2.24, 2.45) is 0 Å². The fourth-order valence-electron chi connectivity index (χ4n) is 2.75. The van der Waals surface area contributed by atoms with E-state index in [0.717, 1.165) is 12.0 Å². The molecule has 1 heterocycles. The highest BCUT2D eigenvalue weighted by Crippen LogP contribution is 2.21. The Hall–Kier alpha value is -2.84. The molecule has 0 unspecified atom stereocenters. The van der Waals surface area contributed by atoms with Crippen LogP contribution in [0.15, 0.2) is 53.6 Å². The Kier molecular flexibility index (Phi) is 6.24. The summed E-state index contributed by atoms with van der Waals surface area (Å²) in [7, 11) is -4.07. The lowest BCUT2D eigenvalue weighted by atomic mass is 10.1. The second-order valence-electron chi connectivity index (χ2n) is 6.49. The molecular formula is C20H21ClN4O3S. The molecule has 0 saturated heterocycles. The first-order valence-corrected chi connectivity index (χ1v) is 10.9. The first-order valence-electron chi connectivity index (χ1n) is 8.99. The van der Waals surface area contributed by atoms with Crippen LogP contribution in [0.1, 0.15) is 34.1 Å². The molecule has 2 aromatic carbocycles. The number of hydrogen-bond donors (Lipinski definition) is 3. The van der Waals surface area contributed by atoms with Gasteiger partial charge in [0.2, 0.25) is 5.03 Å². The minimum absolute atomic E-state index is 0.0170. The van der Waals surface area contributed by atoms with Gasteiger partial charge in [-0.25, -0.2) is 0 Å². The Bertz CT molecular complexity index is 1110. The number of halogens is 1. The first-order chi connectivity index (χ1) is 13.8. The van der Waals surface area contributed by atoms with Crippen molar-refractivity contribution >= 4 is 33.2 Å². The number of amides is 1. The number of aromatic nitrogens is 2. The van der Waals surface area contributed by atoms with Crippen LogP contribution in [-0.4, -0.2) is 24.5 Å². The minimum Gasteiger partial charge on any atom is -0.348 e. The molecule has 0 atom stereocenters. The van der Waals surface area contributed by atoms with Crippen LogP contribution in [0.2, 0.25) is 5.02 Å². The Morgan fingerprint density at radius 1 is 1.07 bits per heavy atom. The summed E-state index contributed by atoms with van der Waals surface area (Å²) in [6, 6.07) is 14.0. The molecule has 0 saturated carbocycles. The second kappa shape index (κ2) is 8.67. The Morgan fingerprint density at radius 3 is 2.31 bits per heavy atom. The summed E-state index contributed by atoms with van der Waals surface area (Å²) in [5, 5.41) is 9.30. The van der Waals surface area contributed by atoms with E-state index >= 15 is 0 Å². The van der Waals surface area contributed by atoms with Crippen LogP contribution in [0.4, 0.5) is 5.69 Å². The SMILES string of the molecule is CCc1ccc(CNC(=O)c2c(S(=O)(=O)Nc3ccc(Cl)cc3)n[nH]c2C)cc1. The van der Waals surface area contributed by atoms with Crippen molar-refractivity contribution in [3.63, 3.8) is 0 Å². The number of nitrogens with one attached hydrogen (secondary N) is 3. The van der Waals surface area contributed by atoms with Gasteiger partial charge in [-0.05, 0) is 48.7 Å². The van der Waals surface area contributed by atoms with Crippen LogP contribution < -0.4 is 10.0 Å². The summed E-state index contributed by atoms with van der Waals surface area (Å²) in [5.74, 6) is -0.521. The predicted octanol–water partition coefficient (Wildman–Crippen LogP) is 3.66. The fraction of sp³-hybridized carbons (Fsp3) is 0.200. The minimum atomic E-state index is -4.07. The zero-order valence-electron chi connectivity index (χ0n) is 16.0. The number of anilines is 1. The summed E-state index contributed by atoms with van der Waals surface area (Å²) in [4.78, 5) is 12.7. The monoisotopic (exact) mass is 432 g/mol. The van der Waals surface area contributed by atoms with Crippen molar-refractivity contribution in [1.82, 2.24) is 15.5 Å². The third-order valence-corrected chi connectivity index (χ3v) is 5.94. The van der Waals surface area contributed by atoms with Gasteiger partial charge < -0.3 is 5.32 Å². The number of hydrogen-bond acceptors (Lipinski definition) is 4. The molecule has 1 aromatic heterocycles. The van der Waals surface area contributed by atoms with E-state index in [1.165, 1.54) is 17.7 Å². The maximum Gasteiger partial charge on any atom is 0.282 e. The normalized spacial score (nSPS) is 11.3. The van der Waals surface area contributed by atoms with Gasteiger partial charge in [0.25, 0.3) is 15.9 Å². The average molecular weight is 433 g/mol. The molecule has 9 heteroatoms. The Balaban J connectivity index is 1.78. The molecular weight excluding hydrogens is 412 g/mol. The lowest BCUT2D eigenvalue weighted by Crippen LogP contribution is -2.26. The van der Waals surface area contributed by atoms with Gasteiger partial charge >= 0.3 is 0 Å². The molecule has 0 aliphatic rings. The van der Waals surface area contributed by atoms with Crippen molar-refractivity contribution in [2.75, 3.05) is 4.72 Å². The molecule has 3 N–H and O–H groups in total. The van der Waals surface area contributed by atoms with E-state index in [0.29, 0.717) is 16.4 Å². The van der Waals surface area contributed by atoms with Crippen LogP contribution in [0.25, 0.3) is 0 Å².